The van der Waals surface area contributed by atoms with E-state index >= 15 is 0 Å². The van der Waals surface area contributed by atoms with Crippen LogP contribution in [0.25, 0.3) is 0 Å². The predicted molar refractivity (Wildman–Crippen MR) is 134 cm³/mol. The Labute approximate surface area is 226 Å². The average molecular weight is 572 g/mol. The minimum Gasteiger partial charge on any atom is -0.346 e. The van der Waals surface area contributed by atoms with Gasteiger partial charge >= 0.3 is 7.82 Å². The summed E-state index contributed by atoms with van der Waals surface area (Å²) in [5, 5.41) is 0. The summed E-state index contributed by atoms with van der Waals surface area (Å²) in [7, 11) is -5.17. The van der Waals surface area contributed by atoms with Crippen LogP contribution in [0.4, 0.5) is 17.6 Å². The lowest BCUT2D eigenvalue weighted by molar-refractivity contribution is -0.0575. The summed E-state index contributed by atoms with van der Waals surface area (Å²) in [6, 6.07) is 19.9. The normalized spacial score (nSPS) is 22.8. The van der Waals surface area contributed by atoms with Gasteiger partial charge in [-0.25, -0.2) is 22.1 Å². The van der Waals surface area contributed by atoms with E-state index in [0.717, 1.165) is 48.5 Å². The predicted octanol–water partition coefficient (Wildman–Crippen LogP) is 6.32. The maximum Gasteiger partial charge on any atom is 0.474 e. The molecule has 2 saturated heterocycles. The lowest BCUT2D eigenvalue weighted by Gasteiger charge is -2.41. The number of hydrogen-bond donors (Lipinski definition) is 1. The standard InChI is InChI=1S/C29H21F4O6P/c30-22-9-1-18(2-10-22)28(19-3-11-23(31)12-4-19)26-27(37-17-36-26)29(39-40(34,35)38-28,20-5-13-24(32)14-6-20)21-7-15-25(33)16-8-21/h1-16,26-27H,17H2,(H,34,35)/t26-,27-/m0/s1. The van der Waals surface area contributed by atoms with Gasteiger partial charge in [0.1, 0.15) is 42.3 Å². The van der Waals surface area contributed by atoms with Crippen LogP contribution >= 0.6 is 7.82 Å². The highest BCUT2D eigenvalue weighted by molar-refractivity contribution is 7.47. The molecule has 0 unspecified atom stereocenters. The smallest absolute Gasteiger partial charge is 0.346 e. The number of ether oxygens (including phenoxy) is 2. The van der Waals surface area contributed by atoms with E-state index in [2.05, 4.69) is 0 Å². The zero-order chi connectivity index (χ0) is 28.1. The van der Waals surface area contributed by atoms with Gasteiger partial charge in [0.2, 0.25) is 0 Å². The van der Waals surface area contributed by atoms with Crippen LogP contribution in [-0.4, -0.2) is 23.9 Å². The van der Waals surface area contributed by atoms with E-state index in [9.17, 15) is 27.0 Å². The minimum atomic E-state index is -5.17. The van der Waals surface area contributed by atoms with Gasteiger partial charge in [0.05, 0.1) is 0 Å². The molecule has 0 spiro atoms. The number of halogens is 4. The van der Waals surface area contributed by atoms with Crippen molar-refractivity contribution in [2.75, 3.05) is 6.79 Å². The Morgan fingerprint density at radius 2 is 0.800 bits per heavy atom. The molecule has 4 aromatic rings. The van der Waals surface area contributed by atoms with Crippen molar-refractivity contribution in [1.29, 1.82) is 0 Å². The zero-order valence-corrected chi connectivity index (χ0v) is 21.4. The van der Waals surface area contributed by atoms with Gasteiger partial charge in [-0.2, -0.15) is 0 Å². The highest BCUT2D eigenvalue weighted by atomic mass is 31.2. The fraction of sp³-hybridized carbons (Fsp3) is 0.172. The summed E-state index contributed by atoms with van der Waals surface area (Å²) in [5.41, 5.74) is -3.23. The Hall–Kier alpha value is -3.37. The Kier molecular flexibility index (Phi) is 6.65. The average Bonchev–Trinajstić information content (AvgIpc) is 3.40. The number of hydrogen-bond acceptors (Lipinski definition) is 5. The van der Waals surface area contributed by atoms with E-state index < -0.39 is 54.5 Å². The molecular weight excluding hydrogens is 551 g/mol. The first kappa shape index (κ1) is 26.8. The lowest BCUT2D eigenvalue weighted by atomic mass is 9.72. The zero-order valence-electron chi connectivity index (χ0n) is 20.5. The summed E-state index contributed by atoms with van der Waals surface area (Å²) in [4.78, 5) is 11.3. The first-order chi connectivity index (χ1) is 19.1. The van der Waals surface area contributed by atoms with Crippen molar-refractivity contribution in [3.63, 3.8) is 0 Å². The highest BCUT2D eigenvalue weighted by Gasteiger charge is 2.66. The van der Waals surface area contributed by atoms with Crippen molar-refractivity contribution in [1.82, 2.24) is 0 Å². The number of benzene rings is 4. The summed E-state index contributed by atoms with van der Waals surface area (Å²) < 4.78 is 94.2. The minimum absolute atomic E-state index is 0.188. The molecule has 6 nitrogen and oxygen atoms in total. The molecule has 0 bridgehead atoms. The summed E-state index contributed by atoms with van der Waals surface area (Å²) >= 11 is 0. The molecular formula is C29H21F4O6P. The van der Waals surface area contributed by atoms with Gasteiger partial charge in [0, 0.05) is 0 Å². The highest BCUT2D eigenvalue weighted by Crippen LogP contribution is 2.65. The number of rotatable bonds is 4. The van der Waals surface area contributed by atoms with Crippen molar-refractivity contribution in [2.24, 2.45) is 0 Å². The fourth-order valence-corrected chi connectivity index (χ4v) is 6.89. The van der Waals surface area contributed by atoms with Crippen LogP contribution < -0.4 is 0 Å². The monoisotopic (exact) mass is 572 g/mol. The molecule has 0 aliphatic carbocycles. The molecule has 2 heterocycles. The van der Waals surface area contributed by atoms with E-state index in [-0.39, 0.29) is 29.0 Å². The lowest BCUT2D eigenvalue weighted by Crippen LogP contribution is -2.53. The van der Waals surface area contributed by atoms with Gasteiger partial charge in [-0.3, -0.25) is 9.05 Å². The Morgan fingerprint density at radius 1 is 0.550 bits per heavy atom. The molecule has 0 radical (unpaired) electrons. The SMILES string of the molecule is O=P1(O)OC(c2ccc(F)cc2)(c2ccc(F)cc2)[C@H]2OCO[C@@H]2C(c2ccc(F)cc2)(c2ccc(F)cc2)O1. The van der Waals surface area contributed by atoms with Crippen molar-refractivity contribution in [3.05, 3.63) is 143 Å². The molecule has 1 N–H and O–H groups in total. The molecule has 6 rings (SSSR count). The number of phosphoric acid groups is 1. The number of fused-ring (bicyclic) bond motifs is 1. The van der Waals surface area contributed by atoms with Gasteiger partial charge in [-0.1, -0.05) is 48.5 Å². The Morgan fingerprint density at radius 3 is 1.05 bits per heavy atom. The second-order valence-electron chi connectivity index (χ2n) is 9.44. The number of phosphoric ester groups is 1. The van der Waals surface area contributed by atoms with Crippen LogP contribution in [0.15, 0.2) is 97.1 Å². The third-order valence-electron chi connectivity index (χ3n) is 7.18. The maximum atomic E-state index is 14.0. The van der Waals surface area contributed by atoms with Crippen molar-refractivity contribution < 1.29 is 45.5 Å². The molecule has 2 aliphatic heterocycles. The van der Waals surface area contributed by atoms with Crippen molar-refractivity contribution >= 4 is 7.82 Å². The first-order valence-corrected chi connectivity index (χ1v) is 13.7. The van der Waals surface area contributed by atoms with E-state index in [1.807, 2.05) is 0 Å². The summed E-state index contributed by atoms with van der Waals surface area (Å²) in [6.07, 6.45) is -2.55. The van der Waals surface area contributed by atoms with E-state index in [1.165, 1.54) is 48.5 Å². The molecule has 11 heteroatoms. The quantitative estimate of drug-likeness (QED) is 0.228. The molecule has 2 fully saturated rings. The van der Waals surface area contributed by atoms with Crippen molar-refractivity contribution in [3.8, 4) is 0 Å². The summed E-state index contributed by atoms with van der Waals surface area (Å²) in [5.74, 6) is -2.33. The van der Waals surface area contributed by atoms with Crippen LogP contribution in [0.1, 0.15) is 22.3 Å². The first-order valence-electron chi connectivity index (χ1n) is 12.2. The molecule has 0 saturated carbocycles. The van der Waals surface area contributed by atoms with Crippen LogP contribution in [0.5, 0.6) is 0 Å². The topological polar surface area (TPSA) is 74.2 Å². The van der Waals surface area contributed by atoms with Gasteiger partial charge in [-0.05, 0) is 70.8 Å². The maximum absolute atomic E-state index is 14.0. The van der Waals surface area contributed by atoms with Crippen LogP contribution in [0.3, 0.4) is 0 Å². The van der Waals surface area contributed by atoms with Gasteiger partial charge in [0.25, 0.3) is 0 Å². The fourth-order valence-electron chi connectivity index (χ4n) is 5.50. The Bertz CT molecular complexity index is 1360. The Balaban J connectivity index is 1.68. The largest absolute Gasteiger partial charge is 0.474 e. The summed E-state index contributed by atoms with van der Waals surface area (Å²) in [6.45, 7) is -0.327. The van der Waals surface area contributed by atoms with Gasteiger partial charge in [-0.15, -0.1) is 0 Å². The third-order valence-corrected chi connectivity index (χ3v) is 8.22. The second-order valence-corrected chi connectivity index (χ2v) is 10.7. The van der Waals surface area contributed by atoms with E-state index in [1.54, 1.807) is 0 Å². The molecule has 0 aromatic heterocycles. The van der Waals surface area contributed by atoms with Crippen molar-refractivity contribution in [2.45, 2.75) is 23.4 Å². The molecule has 4 aromatic carbocycles. The third kappa shape index (κ3) is 4.37. The molecule has 2 aliphatic rings. The van der Waals surface area contributed by atoms with Gasteiger partial charge in [0.15, 0.2) is 11.2 Å². The molecule has 206 valence electrons. The van der Waals surface area contributed by atoms with Crippen LogP contribution in [-0.2, 0) is 34.3 Å². The molecule has 0 amide bonds. The van der Waals surface area contributed by atoms with E-state index in [0.29, 0.717) is 0 Å². The molecule has 2 atom stereocenters. The van der Waals surface area contributed by atoms with Crippen LogP contribution in [0, 0.1) is 23.3 Å². The molecule has 40 heavy (non-hydrogen) atoms. The second kappa shape index (κ2) is 9.92. The van der Waals surface area contributed by atoms with E-state index in [4.69, 9.17) is 18.5 Å². The van der Waals surface area contributed by atoms with Crippen LogP contribution in [0.2, 0.25) is 0 Å². The van der Waals surface area contributed by atoms with Gasteiger partial charge < -0.3 is 14.4 Å².